The summed E-state index contributed by atoms with van der Waals surface area (Å²) < 4.78 is 11.2. The molecule has 9 nitrogen and oxygen atoms in total. The van der Waals surface area contributed by atoms with Crippen molar-refractivity contribution in [1.82, 2.24) is 15.3 Å². The van der Waals surface area contributed by atoms with Crippen LogP contribution in [0.15, 0.2) is 12.3 Å². The number of hydrogen-bond acceptors (Lipinski definition) is 8. The lowest BCUT2D eigenvalue weighted by molar-refractivity contribution is -0.198. The van der Waals surface area contributed by atoms with Crippen molar-refractivity contribution in [1.29, 1.82) is 0 Å². The summed E-state index contributed by atoms with van der Waals surface area (Å²) in [5.41, 5.74) is 4.25. The van der Waals surface area contributed by atoms with Crippen LogP contribution in [0, 0.1) is 0 Å². The molecule has 2 aliphatic heterocycles. The van der Waals surface area contributed by atoms with E-state index in [1.807, 2.05) is 19.9 Å². The van der Waals surface area contributed by atoms with Gasteiger partial charge in [-0.2, -0.15) is 4.98 Å². The van der Waals surface area contributed by atoms with E-state index in [2.05, 4.69) is 20.2 Å². The number of ether oxygens (including phenoxy) is 2. The monoisotopic (exact) mass is 379 g/mol. The van der Waals surface area contributed by atoms with Gasteiger partial charge in [-0.1, -0.05) is 0 Å². The quantitative estimate of drug-likeness (QED) is 0.658. The average Bonchev–Trinajstić information content (AvgIpc) is 2.65. The number of amides is 1. The summed E-state index contributed by atoms with van der Waals surface area (Å²) in [6, 6.07) is 1.82. The van der Waals surface area contributed by atoms with Crippen molar-refractivity contribution in [3.63, 3.8) is 0 Å². The summed E-state index contributed by atoms with van der Waals surface area (Å²) in [5, 5.41) is 14.1. The van der Waals surface area contributed by atoms with Gasteiger partial charge in [0.05, 0.1) is 11.1 Å². The van der Waals surface area contributed by atoms with Crippen molar-refractivity contribution in [2.24, 2.45) is 0 Å². The lowest BCUT2D eigenvalue weighted by Crippen LogP contribution is -2.69. The third kappa shape index (κ3) is 4.15. The Kier molecular flexibility index (Phi) is 5.83. The Balaban J connectivity index is 1.67. The van der Waals surface area contributed by atoms with E-state index in [9.17, 15) is 9.90 Å². The lowest BCUT2D eigenvalue weighted by Gasteiger charge is -2.53. The number of carbonyl (C=O) groups excluding carboxylic acids is 1. The first kappa shape index (κ1) is 19.8. The Bertz CT molecular complexity index is 665. The second-order valence-electron chi connectivity index (χ2n) is 7.43. The van der Waals surface area contributed by atoms with Crippen LogP contribution in [-0.4, -0.2) is 71.1 Å². The molecule has 0 bridgehead atoms. The van der Waals surface area contributed by atoms with Crippen molar-refractivity contribution in [3.05, 3.63) is 12.3 Å². The van der Waals surface area contributed by atoms with Gasteiger partial charge in [-0.05, 0) is 39.2 Å². The largest absolute Gasteiger partial charge is 0.388 e. The summed E-state index contributed by atoms with van der Waals surface area (Å²) >= 11 is 0. The van der Waals surface area contributed by atoms with Gasteiger partial charge in [-0.25, -0.2) is 4.98 Å². The van der Waals surface area contributed by atoms with E-state index >= 15 is 0 Å². The van der Waals surface area contributed by atoms with Crippen LogP contribution in [0.3, 0.4) is 0 Å². The smallest absolute Gasteiger partial charge is 0.246 e. The highest BCUT2D eigenvalue weighted by atomic mass is 16.5. The SMILES string of the molecule is CCOCC(=O)N[C@@]1(C)CCOC2(CCN(c3ccnc(N)n3)CC2)[C@@H]1O. The number of aromatic nitrogens is 2. The van der Waals surface area contributed by atoms with E-state index in [4.69, 9.17) is 15.2 Å². The second kappa shape index (κ2) is 7.95. The van der Waals surface area contributed by atoms with Crippen molar-refractivity contribution in [3.8, 4) is 0 Å². The number of aliphatic hydroxyl groups excluding tert-OH is 1. The number of nitrogens with one attached hydrogen (secondary N) is 1. The molecule has 2 atom stereocenters. The molecule has 1 aromatic heterocycles. The molecular formula is C18H29N5O4. The van der Waals surface area contributed by atoms with Crippen LogP contribution < -0.4 is 16.0 Å². The maximum Gasteiger partial charge on any atom is 0.246 e. The van der Waals surface area contributed by atoms with Gasteiger partial charge < -0.3 is 30.5 Å². The van der Waals surface area contributed by atoms with Crippen molar-refractivity contribution in [2.75, 3.05) is 43.5 Å². The number of nitrogen functional groups attached to an aromatic ring is 1. The predicted octanol–water partition coefficient (Wildman–Crippen LogP) is 0.0904. The van der Waals surface area contributed by atoms with E-state index < -0.39 is 17.2 Å². The highest BCUT2D eigenvalue weighted by molar-refractivity contribution is 5.78. The normalized spacial score (nSPS) is 27.5. The number of nitrogens with zero attached hydrogens (tertiary/aromatic N) is 3. The Morgan fingerprint density at radius 1 is 1.48 bits per heavy atom. The number of hydrogen-bond donors (Lipinski definition) is 3. The standard InChI is InChI=1S/C18H29N5O4/c1-3-26-12-14(24)22-17(2)7-11-27-18(15(17)25)5-9-23(10-6-18)13-4-8-20-16(19)21-13/h4,8,15,25H,3,5-7,9-12H2,1-2H3,(H,22,24)(H2,19,20,21)/t15-,17+/m1/s1. The van der Waals surface area contributed by atoms with Crippen LogP contribution in [-0.2, 0) is 14.3 Å². The highest BCUT2D eigenvalue weighted by Gasteiger charge is 2.53. The zero-order valence-corrected chi connectivity index (χ0v) is 16.0. The van der Waals surface area contributed by atoms with E-state index in [0.717, 1.165) is 5.82 Å². The molecule has 1 spiro atoms. The molecule has 1 amide bonds. The van der Waals surface area contributed by atoms with Gasteiger partial charge in [0.2, 0.25) is 11.9 Å². The molecule has 0 unspecified atom stereocenters. The fourth-order valence-electron chi connectivity index (χ4n) is 4.01. The summed E-state index contributed by atoms with van der Waals surface area (Å²) in [6.07, 6.45) is 2.66. The molecule has 0 radical (unpaired) electrons. The molecular weight excluding hydrogens is 350 g/mol. The molecule has 27 heavy (non-hydrogen) atoms. The topological polar surface area (TPSA) is 123 Å². The third-order valence-corrected chi connectivity index (χ3v) is 5.57. The van der Waals surface area contributed by atoms with Crippen LogP contribution >= 0.6 is 0 Å². The minimum atomic E-state index is -0.804. The number of aliphatic hydroxyl groups is 1. The molecule has 9 heteroatoms. The predicted molar refractivity (Wildman–Crippen MR) is 100 cm³/mol. The molecule has 0 aromatic carbocycles. The molecule has 150 valence electrons. The summed E-state index contributed by atoms with van der Waals surface area (Å²) in [5.74, 6) is 0.797. The van der Waals surface area contributed by atoms with E-state index in [1.165, 1.54) is 0 Å². The van der Waals surface area contributed by atoms with Gasteiger partial charge in [0, 0.05) is 32.5 Å². The number of carbonyl (C=O) groups is 1. The molecule has 2 saturated heterocycles. The zero-order chi connectivity index (χ0) is 19.5. The van der Waals surface area contributed by atoms with Gasteiger partial charge in [-0.15, -0.1) is 0 Å². The average molecular weight is 379 g/mol. The molecule has 2 aliphatic rings. The molecule has 3 heterocycles. The minimum Gasteiger partial charge on any atom is -0.388 e. The van der Waals surface area contributed by atoms with Gasteiger partial charge in [0.1, 0.15) is 18.5 Å². The van der Waals surface area contributed by atoms with E-state index in [-0.39, 0.29) is 18.5 Å². The summed E-state index contributed by atoms with van der Waals surface area (Å²) in [4.78, 5) is 22.4. The zero-order valence-electron chi connectivity index (χ0n) is 16.0. The van der Waals surface area contributed by atoms with Gasteiger partial charge >= 0.3 is 0 Å². The van der Waals surface area contributed by atoms with E-state index in [1.54, 1.807) is 6.20 Å². The second-order valence-corrected chi connectivity index (χ2v) is 7.43. The van der Waals surface area contributed by atoms with E-state index in [0.29, 0.717) is 45.6 Å². The fraction of sp³-hybridized carbons (Fsp3) is 0.722. The minimum absolute atomic E-state index is 0.00439. The Morgan fingerprint density at radius 3 is 2.89 bits per heavy atom. The van der Waals surface area contributed by atoms with Crippen molar-refractivity contribution < 1.29 is 19.4 Å². The van der Waals surface area contributed by atoms with Crippen LogP contribution in [0.2, 0.25) is 0 Å². The number of piperidine rings is 1. The van der Waals surface area contributed by atoms with Gasteiger partial charge in [-0.3, -0.25) is 4.79 Å². The third-order valence-electron chi connectivity index (χ3n) is 5.57. The molecule has 3 rings (SSSR count). The first-order valence-corrected chi connectivity index (χ1v) is 9.43. The number of anilines is 2. The first-order valence-electron chi connectivity index (χ1n) is 9.43. The van der Waals surface area contributed by atoms with Crippen LogP contribution in [0.5, 0.6) is 0 Å². The summed E-state index contributed by atoms with van der Waals surface area (Å²) in [7, 11) is 0. The maximum absolute atomic E-state index is 12.1. The number of rotatable bonds is 5. The molecule has 4 N–H and O–H groups in total. The van der Waals surface area contributed by atoms with Crippen molar-refractivity contribution in [2.45, 2.75) is 50.4 Å². The van der Waals surface area contributed by atoms with Gasteiger partial charge in [0.25, 0.3) is 0 Å². The van der Waals surface area contributed by atoms with Gasteiger partial charge in [0.15, 0.2) is 0 Å². The van der Waals surface area contributed by atoms with Crippen LogP contribution in [0.1, 0.15) is 33.1 Å². The van der Waals surface area contributed by atoms with Crippen molar-refractivity contribution >= 4 is 17.7 Å². The molecule has 1 aromatic rings. The highest BCUT2D eigenvalue weighted by Crippen LogP contribution is 2.40. The Labute approximate surface area is 159 Å². The fourth-order valence-corrected chi connectivity index (χ4v) is 4.01. The Morgan fingerprint density at radius 2 is 2.22 bits per heavy atom. The molecule has 2 fully saturated rings. The molecule has 0 aliphatic carbocycles. The van der Waals surface area contributed by atoms with Crippen LogP contribution in [0.4, 0.5) is 11.8 Å². The van der Waals surface area contributed by atoms with Crippen LogP contribution in [0.25, 0.3) is 0 Å². The summed E-state index contributed by atoms with van der Waals surface area (Å²) in [6.45, 7) is 6.03. The number of nitrogens with two attached hydrogens (primary N) is 1. The lowest BCUT2D eigenvalue weighted by atomic mass is 9.73. The first-order chi connectivity index (χ1) is 12.9. The Hall–Kier alpha value is -1.97. The maximum atomic E-state index is 12.1. The molecule has 0 saturated carbocycles.